The summed E-state index contributed by atoms with van der Waals surface area (Å²) in [4.78, 5) is 12.8. The van der Waals surface area contributed by atoms with Crippen LogP contribution in [0.5, 0.6) is 5.75 Å². The maximum absolute atomic E-state index is 12.5. The average Bonchev–Trinajstić information content (AvgIpc) is 2.26. The van der Waals surface area contributed by atoms with E-state index in [-0.39, 0.29) is 11.9 Å². The molecule has 0 saturated carbocycles. The molecule has 4 heteroatoms. The van der Waals surface area contributed by atoms with Crippen LogP contribution in [0.15, 0.2) is 24.3 Å². The zero-order chi connectivity index (χ0) is 10.8. The minimum absolute atomic E-state index is 0.0252. The number of amides is 1. The van der Waals surface area contributed by atoms with Crippen LogP contribution in [0.2, 0.25) is 0 Å². The largest absolute Gasteiger partial charge is 0.497 e. The van der Waals surface area contributed by atoms with Crippen LogP contribution in [-0.2, 0) is 4.79 Å². The van der Waals surface area contributed by atoms with Crippen LogP contribution in [0.3, 0.4) is 0 Å². The van der Waals surface area contributed by atoms with E-state index in [1.807, 2.05) is 0 Å². The molecular formula is C11H12FNO2. The Hall–Kier alpha value is -1.58. The molecule has 0 spiro atoms. The number of carbonyl (C=O) groups excluding carboxylic acids is 1. The summed E-state index contributed by atoms with van der Waals surface area (Å²) in [7, 11) is 1.58. The molecule has 1 atom stereocenters. The third kappa shape index (κ3) is 1.67. The summed E-state index contributed by atoms with van der Waals surface area (Å²) < 4.78 is 17.5. The zero-order valence-corrected chi connectivity index (χ0v) is 8.44. The van der Waals surface area contributed by atoms with Gasteiger partial charge in [-0.25, -0.2) is 4.39 Å². The molecule has 1 aliphatic heterocycles. The van der Waals surface area contributed by atoms with E-state index in [1.54, 1.807) is 31.4 Å². The normalized spacial score (nSPS) is 20.0. The van der Waals surface area contributed by atoms with Gasteiger partial charge in [0, 0.05) is 5.69 Å². The lowest BCUT2D eigenvalue weighted by molar-refractivity contribution is -0.124. The van der Waals surface area contributed by atoms with Gasteiger partial charge in [-0.15, -0.1) is 0 Å². The Balaban J connectivity index is 2.18. The number of ether oxygens (including phenoxy) is 1. The molecule has 80 valence electrons. The van der Waals surface area contributed by atoms with E-state index in [0.29, 0.717) is 6.42 Å². The Kier molecular flexibility index (Phi) is 2.58. The van der Waals surface area contributed by atoms with Gasteiger partial charge >= 0.3 is 0 Å². The molecule has 1 saturated heterocycles. The highest BCUT2D eigenvalue weighted by molar-refractivity contribution is 6.00. The number of halogens is 1. The first-order valence-corrected chi connectivity index (χ1v) is 4.78. The van der Waals surface area contributed by atoms with Crippen LogP contribution >= 0.6 is 0 Å². The first-order valence-electron chi connectivity index (χ1n) is 4.78. The van der Waals surface area contributed by atoms with Crippen LogP contribution in [-0.4, -0.2) is 25.7 Å². The maximum Gasteiger partial charge on any atom is 0.229 e. The van der Waals surface area contributed by atoms with E-state index in [9.17, 15) is 9.18 Å². The van der Waals surface area contributed by atoms with Crippen molar-refractivity contribution in [1.29, 1.82) is 0 Å². The van der Waals surface area contributed by atoms with Gasteiger partial charge in [0.15, 0.2) is 0 Å². The Morgan fingerprint density at radius 1 is 1.47 bits per heavy atom. The predicted molar refractivity (Wildman–Crippen MR) is 54.9 cm³/mol. The van der Waals surface area contributed by atoms with Crippen LogP contribution < -0.4 is 9.64 Å². The van der Waals surface area contributed by atoms with Crippen molar-refractivity contribution in [2.75, 3.05) is 18.7 Å². The van der Waals surface area contributed by atoms with Crippen molar-refractivity contribution in [2.24, 2.45) is 0 Å². The van der Waals surface area contributed by atoms with Crippen molar-refractivity contribution in [3.05, 3.63) is 24.3 Å². The quantitative estimate of drug-likeness (QED) is 0.710. The molecule has 3 nitrogen and oxygen atoms in total. The van der Waals surface area contributed by atoms with Gasteiger partial charge in [-0.2, -0.15) is 0 Å². The first kappa shape index (κ1) is 9.96. The molecule has 1 aromatic carbocycles. The fourth-order valence-corrected chi connectivity index (χ4v) is 1.70. The minimum atomic E-state index is -0.488. The number of rotatable bonds is 3. The fraction of sp³-hybridized carbons (Fsp3) is 0.364. The standard InChI is InChI=1S/C11H12FNO2/c1-15-10-4-2-8(3-5-10)13-9(7-12)6-11(13)14/h2-5,9H,6-7H2,1H3/t9-/m1/s1. The number of alkyl halides is 1. The third-order valence-electron chi connectivity index (χ3n) is 2.57. The monoisotopic (exact) mass is 209 g/mol. The van der Waals surface area contributed by atoms with Gasteiger partial charge in [-0.05, 0) is 24.3 Å². The molecule has 1 heterocycles. The molecule has 1 fully saturated rings. The van der Waals surface area contributed by atoms with E-state index < -0.39 is 6.67 Å². The number of anilines is 1. The fourth-order valence-electron chi connectivity index (χ4n) is 1.70. The highest BCUT2D eigenvalue weighted by Crippen LogP contribution is 2.29. The second-order valence-electron chi connectivity index (χ2n) is 3.47. The SMILES string of the molecule is COc1ccc(N2C(=O)C[C@@H]2CF)cc1. The van der Waals surface area contributed by atoms with Crippen molar-refractivity contribution in [1.82, 2.24) is 0 Å². The van der Waals surface area contributed by atoms with Gasteiger partial charge in [0.05, 0.1) is 19.6 Å². The highest BCUT2D eigenvalue weighted by Gasteiger charge is 2.36. The summed E-state index contributed by atoms with van der Waals surface area (Å²) in [5.41, 5.74) is 0.731. The number of carbonyl (C=O) groups is 1. The average molecular weight is 209 g/mol. The molecule has 0 bridgehead atoms. The summed E-state index contributed by atoms with van der Waals surface area (Å²) in [6.45, 7) is -0.488. The van der Waals surface area contributed by atoms with Gasteiger partial charge in [0.25, 0.3) is 0 Å². The van der Waals surface area contributed by atoms with Crippen molar-refractivity contribution in [3.63, 3.8) is 0 Å². The molecule has 0 N–H and O–H groups in total. The zero-order valence-electron chi connectivity index (χ0n) is 8.44. The van der Waals surface area contributed by atoms with Gasteiger partial charge < -0.3 is 9.64 Å². The Bertz CT molecular complexity index is 363. The molecule has 1 amide bonds. The van der Waals surface area contributed by atoms with Crippen LogP contribution in [0, 0.1) is 0 Å². The number of methoxy groups -OCH3 is 1. The van der Waals surface area contributed by atoms with Crippen molar-refractivity contribution in [2.45, 2.75) is 12.5 Å². The summed E-state index contributed by atoms with van der Waals surface area (Å²) >= 11 is 0. The summed E-state index contributed by atoms with van der Waals surface area (Å²) in [5, 5.41) is 0. The first-order chi connectivity index (χ1) is 7.26. The number of hydrogen-bond acceptors (Lipinski definition) is 2. The summed E-state index contributed by atoms with van der Waals surface area (Å²) in [6.07, 6.45) is 0.308. The lowest BCUT2D eigenvalue weighted by atomic mass is 10.0. The molecule has 0 aromatic heterocycles. The number of β-lactam (4-membered cyclic amide) rings is 1. The third-order valence-corrected chi connectivity index (χ3v) is 2.57. The van der Waals surface area contributed by atoms with Crippen molar-refractivity contribution >= 4 is 11.6 Å². The van der Waals surface area contributed by atoms with E-state index in [1.165, 1.54) is 4.90 Å². The molecular weight excluding hydrogens is 197 g/mol. The highest BCUT2D eigenvalue weighted by atomic mass is 19.1. The van der Waals surface area contributed by atoms with Gasteiger partial charge in [-0.3, -0.25) is 4.79 Å². The lowest BCUT2D eigenvalue weighted by Gasteiger charge is -2.38. The second-order valence-corrected chi connectivity index (χ2v) is 3.47. The Morgan fingerprint density at radius 2 is 2.13 bits per heavy atom. The van der Waals surface area contributed by atoms with E-state index in [2.05, 4.69) is 0 Å². The van der Waals surface area contributed by atoms with Crippen LogP contribution in [0.4, 0.5) is 10.1 Å². The molecule has 15 heavy (non-hydrogen) atoms. The molecule has 1 aliphatic rings. The molecule has 0 unspecified atom stereocenters. The topological polar surface area (TPSA) is 29.5 Å². The van der Waals surface area contributed by atoms with Crippen LogP contribution in [0.25, 0.3) is 0 Å². The lowest BCUT2D eigenvalue weighted by Crippen LogP contribution is -2.54. The molecule has 2 rings (SSSR count). The van der Waals surface area contributed by atoms with Gasteiger partial charge in [0.2, 0.25) is 5.91 Å². The van der Waals surface area contributed by atoms with Crippen molar-refractivity contribution < 1.29 is 13.9 Å². The predicted octanol–water partition coefficient (Wildman–Crippen LogP) is 1.77. The number of hydrogen-bond donors (Lipinski definition) is 0. The van der Waals surface area contributed by atoms with Crippen LogP contribution in [0.1, 0.15) is 6.42 Å². The van der Waals surface area contributed by atoms with E-state index in [4.69, 9.17) is 4.74 Å². The van der Waals surface area contributed by atoms with Gasteiger partial charge in [0.1, 0.15) is 12.4 Å². The summed E-state index contributed by atoms with van der Waals surface area (Å²) in [6, 6.07) is 6.76. The summed E-state index contributed by atoms with van der Waals surface area (Å²) in [5.74, 6) is 0.700. The molecule has 0 radical (unpaired) electrons. The second kappa shape index (κ2) is 3.88. The molecule has 0 aliphatic carbocycles. The molecule has 1 aromatic rings. The maximum atomic E-state index is 12.5. The van der Waals surface area contributed by atoms with Crippen molar-refractivity contribution in [3.8, 4) is 5.75 Å². The number of nitrogens with zero attached hydrogens (tertiary/aromatic N) is 1. The van der Waals surface area contributed by atoms with E-state index >= 15 is 0 Å². The Labute approximate surface area is 87.5 Å². The number of benzene rings is 1. The minimum Gasteiger partial charge on any atom is -0.497 e. The van der Waals surface area contributed by atoms with E-state index in [0.717, 1.165) is 11.4 Å². The Morgan fingerprint density at radius 3 is 2.60 bits per heavy atom. The smallest absolute Gasteiger partial charge is 0.229 e. The van der Waals surface area contributed by atoms with Gasteiger partial charge in [-0.1, -0.05) is 0 Å².